The first-order valence-electron chi connectivity index (χ1n) is 9.44. The van der Waals surface area contributed by atoms with E-state index in [0.29, 0.717) is 6.71 Å². The molecule has 0 aliphatic carbocycles. The number of fused-ring (bicyclic) bond motifs is 1. The zero-order valence-electron chi connectivity index (χ0n) is 16.5. The Hall–Kier alpha value is -2.02. The van der Waals surface area contributed by atoms with E-state index in [4.69, 9.17) is 0 Å². The fourth-order valence-electron chi connectivity index (χ4n) is 4.75. The van der Waals surface area contributed by atoms with E-state index in [2.05, 4.69) is 96.0 Å². The van der Waals surface area contributed by atoms with E-state index in [1.807, 2.05) is 0 Å². The molecule has 0 aromatic heterocycles. The molecule has 0 nitrogen and oxygen atoms in total. The Morgan fingerprint density at radius 1 is 0.880 bits per heavy atom. The number of benzene rings is 3. The van der Waals surface area contributed by atoms with Gasteiger partial charge in [-0.3, -0.25) is 0 Å². The van der Waals surface area contributed by atoms with Gasteiger partial charge in [0.05, 0.1) is 0 Å². The Morgan fingerprint density at radius 3 is 2.12 bits per heavy atom. The first kappa shape index (κ1) is 17.8. The maximum absolute atomic E-state index is 2.45. The lowest BCUT2D eigenvalue weighted by atomic mass is 9.29. The van der Waals surface area contributed by atoms with Crippen LogP contribution in [0.2, 0.25) is 6.82 Å². The number of hydrogen-bond donors (Lipinski definition) is 0. The SMILES string of the molecule is CCC(C)(B(C)c1cccc2ccccc12)c1c(C)cc(C)cc1C. The number of rotatable bonds is 4. The van der Waals surface area contributed by atoms with Crippen LogP contribution < -0.4 is 5.46 Å². The molecule has 0 heterocycles. The van der Waals surface area contributed by atoms with Gasteiger partial charge in [-0.1, -0.05) is 92.7 Å². The lowest BCUT2D eigenvalue weighted by Gasteiger charge is -2.37. The molecule has 3 aromatic rings. The predicted octanol–water partition coefficient (Wildman–Crippen LogP) is 6.00. The van der Waals surface area contributed by atoms with Crippen molar-refractivity contribution in [3.63, 3.8) is 0 Å². The Morgan fingerprint density at radius 2 is 1.48 bits per heavy atom. The van der Waals surface area contributed by atoms with Crippen molar-refractivity contribution in [3.8, 4) is 0 Å². The van der Waals surface area contributed by atoms with E-state index in [1.165, 1.54) is 38.5 Å². The van der Waals surface area contributed by atoms with Crippen LogP contribution in [0.25, 0.3) is 10.8 Å². The van der Waals surface area contributed by atoms with Crippen LogP contribution in [0, 0.1) is 20.8 Å². The Bertz CT molecular complexity index is 881. The predicted molar refractivity (Wildman–Crippen MR) is 113 cm³/mol. The van der Waals surface area contributed by atoms with E-state index >= 15 is 0 Å². The topological polar surface area (TPSA) is 0 Å². The number of aryl methyl sites for hydroxylation is 3. The summed E-state index contributed by atoms with van der Waals surface area (Å²) in [4.78, 5) is 0. The third-order valence-corrected chi connectivity index (χ3v) is 6.23. The summed E-state index contributed by atoms with van der Waals surface area (Å²) in [7, 11) is 0. The molecular weight excluding hydrogens is 299 g/mol. The van der Waals surface area contributed by atoms with Gasteiger partial charge in [-0.25, -0.2) is 0 Å². The molecule has 0 bridgehead atoms. The van der Waals surface area contributed by atoms with Crippen LogP contribution in [0.1, 0.15) is 42.5 Å². The first-order chi connectivity index (χ1) is 11.9. The summed E-state index contributed by atoms with van der Waals surface area (Å²) in [6, 6.07) is 20.2. The zero-order valence-corrected chi connectivity index (χ0v) is 16.5. The molecule has 3 rings (SSSR count). The van der Waals surface area contributed by atoms with Gasteiger partial charge in [-0.05, 0) is 53.5 Å². The molecular formula is C24H29B. The molecule has 0 fully saturated rings. The Labute approximate surface area is 153 Å². The molecule has 0 saturated heterocycles. The van der Waals surface area contributed by atoms with Gasteiger partial charge < -0.3 is 0 Å². The molecule has 25 heavy (non-hydrogen) atoms. The van der Waals surface area contributed by atoms with Crippen molar-refractivity contribution < 1.29 is 0 Å². The van der Waals surface area contributed by atoms with Crippen molar-refractivity contribution in [2.75, 3.05) is 0 Å². The molecule has 0 saturated carbocycles. The summed E-state index contributed by atoms with van der Waals surface area (Å²) in [5.41, 5.74) is 7.20. The third-order valence-electron chi connectivity index (χ3n) is 6.23. The highest BCUT2D eigenvalue weighted by Crippen LogP contribution is 2.36. The van der Waals surface area contributed by atoms with Crippen LogP contribution in [0.5, 0.6) is 0 Å². The average molecular weight is 328 g/mol. The maximum atomic E-state index is 2.45. The van der Waals surface area contributed by atoms with Gasteiger partial charge in [0.2, 0.25) is 0 Å². The standard InChI is InChI=1S/C24H29B/c1-7-24(5,23-18(3)15-17(2)16-19(23)4)25(6)22-14-10-12-20-11-8-9-13-21(20)22/h8-16H,7H2,1-6H3. The van der Waals surface area contributed by atoms with Crippen LogP contribution in [0.4, 0.5) is 0 Å². The summed E-state index contributed by atoms with van der Waals surface area (Å²) in [6.45, 7) is 14.4. The van der Waals surface area contributed by atoms with Gasteiger partial charge >= 0.3 is 0 Å². The van der Waals surface area contributed by atoms with Gasteiger partial charge in [0, 0.05) is 0 Å². The van der Waals surface area contributed by atoms with Crippen LogP contribution in [0.3, 0.4) is 0 Å². The highest BCUT2D eigenvalue weighted by molar-refractivity contribution is 6.77. The van der Waals surface area contributed by atoms with E-state index in [9.17, 15) is 0 Å². The molecule has 3 aromatic carbocycles. The minimum Gasteiger partial charge on any atom is -0.0810 e. The Balaban J connectivity index is 2.20. The van der Waals surface area contributed by atoms with E-state index in [-0.39, 0.29) is 5.31 Å². The molecule has 0 aliphatic heterocycles. The number of hydrogen-bond acceptors (Lipinski definition) is 0. The quantitative estimate of drug-likeness (QED) is 0.515. The summed E-state index contributed by atoms with van der Waals surface area (Å²) < 4.78 is 0. The average Bonchev–Trinajstić information content (AvgIpc) is 2.59. The lowest BCUT2D eigenvalue weighted by molar-refractivity contribution is 0.624. The first-order valence-corrected chi connectivity index (χ1v) is 9.44. The fraction of sp³-hybridized carbons (Fsp3) is 0.333. The van der Waals surface area contributed by atoms with Crippen molar-refractivity contribution in [2.24, 2.45) is 0 Å². The molecule has 128 valence electrons. The van der Waals surface area contributed by atoms with Crippen molar-refractivity contribution in [1.82, 2.24) is 0 Å². The van der Waals surface area contributed by atoms with Crippen molar-refractivity contribution in [2.45, 2.75) is 53.2 Å². The van der Waals surface area contributed by atoms with Crippen LogP contribution in [-0.4, -0.2) is 6.71 Å². The summed E-state index contributed by atoms with van der Waals surface area (Å²) in [5.74, 6) is 0. The van der Waals surface area contributed by atoms with Crippen LogP contribution in [0.15, 0.2) is 54.6 Å². The normalized spacial score (nSPS) is 13.7. The summed E-state index contributed by atoms with van der Waals surface area (Å²) in [6.07, 6.45) is 1.13. The van der Waals surface area contributed by atoms with Gasteiger partial charge in [-0.2, -0.15) is 0 Å². The largest absolute Gasteiger partial charge is 0.184 e. The van der Waals surface area contributed by atoms with E-state index in [0.717, 1.165) is 6.42 Å². The smallest absolute Gasteiger partial charge is 0.0810 e. The van der Waals surface area contributed by atoms with Crippen LogP contribution in [-0.2, 0) is 5.31 Å². The minimum absolute atomic E-state index is 0.117. The maximum Gasteiger partial charge on any atom is 0.184 e. The lowest BCUT2D eigenvalue weighted by Crippen LogP contribution is -2.47. The summed E-state index contributed by atoms with van der Waals surface area (Å²) >= 11 is 0. The monoisotopic (exact) mass is 328 g/mol. The second-order valence-electron chi connectivity index (χ2n) is 7.83. The van der Waals surface area contributed by atoms with Crippen molar-refractivity contribution in [1.29, 1.82) is 0 Å². The van der Waals surface area contributed by atoms with Gasteiger partial charge in [-0.15, -0.1) is 0 Å². The molecule has 1 unspecified atom stereocenters. The zero-order chi connectivity index (χ0) is 18.2. The Kier molecular flexibility index (Phi) is 4.78. The van der Waals surface area contributed by atoms with E-state index in [1.54, 1.807) is 0 Å². The van der Waals surface area contributed by atoms with Crippen molar-refractivity contribution >= 4 is 22.9 Å². The third kappa shape index (κ3) is 3.01. The second kappa shape index (κ2) is 6.71. The summed E-state index contributed by atoms with van der Waals surface area (Å²) in [5, 5.41) is 2.84. The van der Waals surface area contributed by atoms with E-state index < -0.39 is 0 Å². The van der Waals surface area contributed by atoms with Crippen LogP contribution >= 0.6 is 0 Å². The fourth-order valence-corrected chi connectivity index (χ4v) is 4.75. The van der Waals surface area contributed by atoms with Gasteiger partial charge in [0.25, 0.3) is 0 Å². The highest BCUT2D eigenvalue weighted by Gasteiger charge is 2.37. The molecule has 0 spiro atoms. The molecule has 1 atom stereocenters. The van der Waals surface area contributed by atoms with Crippen molar-refractivity contribution in [3.05, 3.63) is 76.9 Å². The second-order valence-corrected chi connectivity index (χ2v) is 7.83. The van der Waals surface area contributed by atoms with Gasteiger partial charge in [0.15, 0.2) is 6.71 Å². The molecule has 0 amide bonds. The molecule has 0 aliphatic rings. The van der Waals surface area contributed by atoms with Gasteiger partial charge in [0.1, 0.15) is 0 Å². The highest BCUT2D eigenvalue weighted by atomic mass is 14.3. The molecule has 0 radical (unpaired) electrons. The molecule has 0 N–H and O–H groups in total. The molecule has 1 heteroatoms. The minimum atomic E-state index is 0.117.